The van der Waals surface area contributed by atoms with Crippen molar-refractivity contribution in [1.82, 2.24) is 9.78 Å². The second-order valence-electron chi connectivity index (χ2n) is 4.39. The molecule has 0 amide bonds. The maximum absolute atomic E-state index is 10.1. The Bertz CT molecular complexity index is 510. The average Bonchev–Trinajstić information content (AvgIpc) is 2.78. The van der Waals surface area contributed by atoms with Crippen LogP contribution < -0.4 is 0 Å². The second-order valence-corrected chi connectivity index (χ2v) is 4.82. The van der Waals surface area contributed by atoms with Crippen molar-refractivity contribution in [2.45, 2.75) is 32.4 Å². The Morgan fingerprint density at radius 2 is 2.28 bits per heavy atom. The van der Waals surface area contributed by atoms with Crippen molar-refractivity contribution >= 4 is 11.6 Å². The standard InChI is InChI=1S/C14H17ClN2O/c1-2-6-17-10-12(9-16-17)14(18)8-11-4-3-5-13(15)7-11/h3-5,7,9-10,14,18H,2,6,8H2,1H3. The number of hydrogen-bond donors (Lipinski definition) is 1. The smallest absolute Gasteiger partial charge is 0.0860 e. The van der Waals surface area contributed by atoms with Gasteiger partial charge in [0.1, 0.15) is 0 Å². The summed E-state index contributed by atoms with van der Waals surface area (Å²) in [6, 6.07) is 7.56. The minimum Gasteiger partial charge on any atom is -0.388 e. The van der Waals surface area contributed by atoms with Crippen molar-refractivity contribution in [2.24, 2.45) is 0 Å². The summed E-state index contributed by atoms with van der Waals surface area (Å²) in [5, 5.41) is 15.1. The molecule has 0 saturated heterocycles. The van der Waals surface area contributed by atoms with Crippen molar-refractivity contribution in [2.75, 3.05) is 0 Å². The Balaban J connectivity index is 2.04. The van der Waals surface area contributed by atoms with Crippen LogP contribution in [0.5, 0.6) is 0 Å². The summed E-state index contributed by atoms with van der Waals surface area (Å²) < 4.78 is 1.86. The number of aliphatic hydroxyl groups is 1. The van der Waals surface area contributed by atoms with Gasteiger partial charge in [-0.15, -0.1) is 0 Å². The summed E-state index contributed by atoms with van der Waals surface area (Å²) in [6.45, 7) is 2.98. The molecule has 0 aliphatic heterocycles. The summed E-state index contributed by atoms with van der Waals surface area (Å²) in [6.07, 6.45) is 4.68. The molecule has 0 aliphatic rings. The lowest BCUT2D eigenvalue weighted by atomic mass is 10.0. The Kier molecular flexibility index (Phi) is 4.39. The van der Waals surface area contributed by atoms with Gasteiger partial charge in [-0.05, 0) is 24.1 Å². The second kappa shape index (κ2) is 6.03. The molecule has 0 bridgehead atoms. The van der Waals surface area contributed by atoms with Crippen LogP contribution in [0.25, 0.3) is 0 Å². The highest BCUT2D eigenvalue weighted by Gasteiger charge is 2.11. The molecular formula is C14H17ClN2O. The molecule has 1 N–H and O–H groups in total. The number of rotatable bonds is 5. The highest BCUT2D eigenvalue weighted by molar-refractivity contribution is 6.30. The fraction of sp³-hybridized carbons (Fsp3) is 0.357. The fourth-order valence-corrected chi connectivity index (χ4v) is 2.12. The van der Waals surface area contributed by atoms with E-state index in [9.17, 15) is 5.11 Å². The van der Waals surface area contributed by atoms with Crippen molar-refractivity contribution in [3.8, 4) is 0 Å². The summed E-state index contributed by atoms with van der Waals surface area (Å²) in [4.78, 5) is 0. The van der Waals surface area contributed by atoms with E-state index >= 15 is 0 Å². The molecule has 2 aromatic rings. The van der Waals surface area contributed by atoms with Crippen molar-refractivity contribution in [3.63, 3.8) is 0 Å². The molecule has 1 aromatic carbocycles. The summed E-state index contributed by atoms with van der Waals surface area (Å²) in [5.74, 6) is 0. The predicted octanol–water partition coefficient (Wildman–Crippen LogP) is 3.22. The first-order valence-electron chi connectivity index (χ1n) is 6.14. The third-order valence-electron chi connectivity index (χ3n) is 2.81. The van der Waals surface area contributed by atoms with Gasteiger partial charge in [0.25, 0.3) is 0 Å². The lowest BCUT2D eigenvalue weighted by molar-refractivity contribution is 0.178. The Morgan fingerprint density at radius 1 is 1.44 bits per heavy atom. The molecule has 1 aromatic heterocycles. The monoisotopic (exact) mass is 264 g/mol. The fourth-order valence-electron chi connectivity index (χ4n) is 1.91. The van der Waals surface area contributed by atoms with E-state index in [1.807, 2.05) is 35.1 Å². The summed E-state index contributed by atoms with van der Waals surface area (Å²) >= 11 is 5.92. The van der Waals surface area contributed by atoms with E-state index < -0.39 is 6.10 Å². The van der Waals surface area contributed by atoms with Crippen LogP contribution in [0.15, 0.2) is 36.7 Å². The number of aliphatic hydroxyl groups excluding tert-OH is 1. The van der Waals surface area contributed by atoms with Crippen LogP contribution in [0.4, 0.5) is 0 Å². The Morgan fingerprint density at radius 3 is 3.00 bits per heavy atom. The van der Waals surface area contributed by atoms with Gasteiger partial charge in [-0.1, -0.05) is 30.7 Å². The van der Waals surface area contributed by atoms with Crippen LogP contribution in [-0.4, -0.2) is 14.9 Å². The van der Waals surface area contributed by atoms with Gasteiger partial charge in [-0.2, -0.15) is 5.10 Å². The molecule has 0 saturated carbocycles. The molecule has 0 radical (unpaired) electrons. The lowest BCUT2D eigenvalue weighted by Crippen LogP contribution is -2.01. The third-order valence-corrected chi connectivity index (χ3v) is 3.04. The summed E-state index contributed by atoms with van der Waals surface area (Å²) in [7, 11) is 0. The van der Waals surface area contributed by atoms with Gasteiger partial charge in [-0.3, -0.25) is 4.68 Å². The van der Waals surface area contributed by atoms with Crippen LogP contribution in [0.3, 0.4) is 0 Å². The molecule has 0 spiro atoms. The van der Waals surface area contributed by atoms with E-state index in [2.05, 4.69) is 12.0 Å². The first-order chi connectivity index (χ1) is 8.69. The largest absolute Gasteiger partial charge is 0.388 e. The zero-order valence-electron chi connectivity index (χ0n) is 10.4. The number of aryl methyl sites for hydroxylation is 1. The van der Waals surface area contributed by atoms with Gasteiger partial charge in [0.15, 0.2) is 0 Å². The number of nitrogens with zero attached hydrogens (tertiary/aromatic N) is 2. The zero-order chi connectivity index (χ0) is 13.0. The first-order valence-corrected chi connectivity index (χ1v) is 6.51. The van der Waals surface area contributed by atoms with Crippen LogP contribution in [0.2, 0.25) is 5.02 Å². The molecule has 2 rings (SSSR count). The molecular weight excluding hydrogens is 248 g/mol. The van der Waals surface area contributed by atoms with Gasteiger partial charge in [0, 0.05) is 29.7 Å². The average molecular weight is 265 g/mol. The van der Waals surface area contributed by atoms with E-state index in [1.165, 1.54) is 0 Å². The molecule has 1 unspecified atom stereocenters. The molecule has 96 valence electrons. The van der Waals surface area contributed by atoms with Crippen molar-refractivity contribution in [3.05, 3.63) is 52.8 Å². The van der Waals surface area contributed by atoms with E-state index in [0.717, 1.165) is 24.1 Å². The minimum atomic E-state index is -0.533. The Hall–Kier alpha value is -1.32. The Labute approximate surface area is 112 Å². The van der Waals surface area contributed by atoms with Gasteiger partial charge < -0.3 is 5.11 Å². The molecule has 1 atom stereocenters. The van der Waals surface area contributed by atoms with Gasteiger partial charge >= 0.3 is 0 Å². The zero-order valence-corrected chi connectivity index (χ0v) is 11.1. The van der Waals surface area contributed by atoms with Crippen LogP contribution in [0.1, 0.15) is 30.6 Å². The van der Waals surface area contributed by atoms with Gasteiger partial charge in [0.05, 0.1) is 12.3 Å². The number of hydrogen-bond acceptors (Lipinski definition) is 2. The van der Waals surface area contributed by atoms with E-state index in [4.69, 9.17) is 11.6 Å². The highest BCUT2D eigenvalue weighted by atomic mass is 35.5. The maximum atomic E-state index is 10.1. The molecule has 1 heterocycles. The van der Waals surface area contributed by atoms with Gasteiger partial charge in [-0.25, -0.2) is 0 Å². The minimum absolute atomic E-state index is 0.533. The third kappa shape index (κ3) is 3.34. The van der Waals surface area contributed by atoms with Gasteiger partial charge in [0.2, 0.25) is 0 Å². The van der Waals surface area contributed by atoms with E-state index in [0.29, 0.717) is 11.4 Å². The number of halogens is 1. The number of benzene rings is 1. The van der Waals surface area contributed by atoms with Crippen molar-refractivity contribution < 1.29 is 5.11 Å². The normalized spacial score (nSPS) is 12.6. The summed E-state index contributed by atoms with van der Waals surface area (Å²) in [5.41, 5.74) is 1.88. The number of aromatic nitrogens is 2. The van der Waals surface area contributed by atoms with Crippen molar-refractivity contribution in [1.29, 1.82) is 0 Å². The molecule has 4 heteroatoms. The lowest BCUT2D eigenvalue weighted by Gasteiger charge is -2.08. The quantitative estimate of drug-likeness (QED) is 0.900. The SMILES string of the molecule is CCCn1cc(C(O)Cc2cccc(Cl)c2)cn1. The predicted molar refractivity (Wildman–Crippen MR) is 72.6 cm³/mol. The van der Waals surface area contributed by atoms with E-state index in [-0.39, 0.29) is 0 Å². The van der Waals surface area contributed by atoms with Crippen LogP contribution in [-0.2, 0) is 13.0 Å². The molecule has 0 aliphatic carbocycles. The first kappa shape index (κ1) is 13.1. The van der Waals surface area contributed by atoms with E-state index in [1.54, 1.807) is 6.20 Å². The molecule has 0 fully saturated rings. The molecule has 18 heavy (non-hydrogen) atoms. The molecule has 3 nitrogen and oxygen atoms in total. The topological polar surface area (TPSA) is 38.0 Å². The van der Waals surface area contributed by atoms with Crippen LogP contribution in [0, 0.1) is 0 Å². The highest BCUT2D eigenvalue weighted by Crippen LogP contribution is 2.20. The van der Waals surface area contributed by atoms with Crippen LogP contribution >= 0.6 is 11.6 Å². The maximum Gasteiger partial charge on any atom is 0.0860 e.